The van der Waals surface area contributed by atoms with Crippen LogP contribution >= 0.6 is 15.9 Å². The second kappa shape index (κ2) is 11.6. The minimum Gasteiger partial charge on any atom is -0.355 e. The van der Waals surface area contributed by atoms with Crippen LogP contribution < -0.4 is 5.32 Å². The molecule has 0 heterocycles. The number of halogens is 2. The molecule has 0 radical (unpaired) electrons. The number of likely N-dealkylation sites (N-methyl/N-ethyl adjacent to an activating group) is 1. The first-order valence-electron chi connectivity index (χ1n) is 10.6. The van der Waals surface area contributed by atoms with Gasteiger partial charge in [0.1, 0.15) is 11.9 Å². The lowest BCUT2D eigenvalue weighted by Gasteiger charge is -2.31. The molecule has 0 aliphatic heterocycles. The monoisotopic (exact) mass is 496 g/mol. The molecule has 0 saturated carbocycles. The van der Waals surface area contributed by atoms with Gasteiger partial charge in [0.15, 0.2) is 0 Å². The Hall–Kier alpha value is -2.99. The van der Waals surface area contributed by atoms with Crippen molar-refractivity contribution in [3.63, 3.8) is 0 Å². The van der Waals surface area contributed by atoms with Crippen LogP contribution in [0.1, 0.15) is 23.6 Å². The van der Waals surface area contributed by atoms with Gasteiger partial charge in [0.05, 0.1) is 6.42 Å². The van der Waals surface area contributed by atoms with E-state index in [9.17, 15) is 14.0 Å². The number of hydrogen-bond acceptors (Lipinski definition) is 2. The predicted octanol–water partition coefficient (Wildman–Crippen LogP) is 4.91. The number of nitrogens with zero attached hydrogens (tertiary/aromatic N) is 1. The van der Waals surface area contributed by atoms with E-state index in [4.69, 9.17) is 0 Å². The van der Waals surface area contributed by atoms with Crippen LogP contribution in [0.3, 0.4) is 0 Å². The maximum Gasteiger partial charge on any atom is 0.243 e. The molecule has 4 nitrogen and oxygen atoms in total. The molecule has 1 atom stereocenters. The molecule has 0 saturated heterocycles. The van der Waals surface area contributed by atoms with Crippen molar-refractivity contribution in [3.8, 4) is 0 Å². The zero-order valence-corrected chi connectivity index (χ0v) is 19.5. The molecule has 3 aromatic carbocycles. The lowest BCUT2D eigenvalue weighted by Crippen LogP contribution is -2.50. The summed E-state index contributed by atoms with van der Waals surface area (Å²) in [4.78, 5) is 28.2. The van der Waals surface area contributed by atoms with E-state index in [2.05, 4.69) is 21.2 Å². The first kappa shape index (κ1) is 23.7. The van der Waals surface area contributed by atoms with E-state index in [1.807, 2.05) is 61.5 Å². The molecular formula is C26H26BrFN2O2. The molecule has 32 heavy (non-hydrogen) atoms. The van der Waals surface area contributed by atoms with Crippen LogP contribution in [-0.4, -0.2) is 29.3 Å². The van der Waals surface area contributed by atoms with Crippen molar-refractivity contribution in [1.29, 1.82) is 0 Å². The molecule has 0 aromatic heterocycles. The quantitative estimate of drug-likeness (QED) is 0.457. The van der Waals surface area contributed by atoms with Gasteiger partial charge in [-0.25, -0.2) is 4.39 Å². The summed E-state index contributed by atoms with van der Waals surface area (Å²) in [5.41, 5.74) is 2.59. The zero-order valence-electron chi connectivity index (χ0n) is 17.9. The topological polar surface area (TPSA) is 49.4 Å². The predicted molar refractivity (Wildman–Crippen MR) is 127 cm³/mol. The standard InChI is InChI=1S/C26H26BrFN2O2/c1-2-29-26(32)24(16-19-6-4-3-5-7-19)30(18-21-8-12-22(27)13-9-21)25(31)17-20-10-14-23(28)15-11-20/h3-15,24H,2,16-18H2,1H3,(H,29,32)/t24-/m0/s1. The van der Waals surface area contributed by atoms with Crippen molar-refractivity contribution in [2.45, 2.75) is 32.4 Å². The van der Waals surface area contributed by atoms with Crippen molar-refractivity contribution in [1.82, 2.24) is 10.2 Å². The van der Waals surface area contributed by atoms with Crippen molar-refractivity contribution in [2.75, 3.05) is 6.54 Å². The minimum atomic E-state index is -0.672. The van der Waals surface area contributed by atoms with Gasteiger partial charge in [-0.2, -0.15) is 0 Å². The van der Waals surface area contributed by atoms with Crippen molar-refractivity contribution in [2.24, 2.45) is 0 Å². The normalized spacial score (nSPS) is 11.6. The SMILES string of the molecule is CCNC(=O)[C@H](Cc1ccccc1)N(Cc1ccc(Br)cc1)C(=O)Cc1ccc(F)cc1. The van der Waals surface area contributed by atoms with Crippen molar-refractivity contribution >= 4 is 27.7 Å². The number of hydrogen-bond donors (Lipinski definition) is 1. The molecule has 6 heteroatoms. The van der Waals surface area contributed by atoms with E-state index in [-0.39, 0.29) is 24.1 Å². The first-order chi connectivity index (χ1) is 15.5. The average molecular weight is 497 g/mol. The van der Waals surface area contributed by atoms with Crippen LogP contribution in [0.4, 0.5) is 4.39 Å². The fourth-order valence-corrected chi connectivity index (χ4v) is 3.78. The highest BCUT2D eigenvalue weighted by atomic mass is 79.9. The Kier molecular flexibility index (Phi) is 8.56. The Morgan fingerprint density at radius 1 is 0.906 bits per heavy atom. The molecule has 0 fully saturated rings. The Labute approximate surface area is 196 Å². The third-order valence-electron chi connectivity index (χ3n) is 5.16. The maximum atomic E-state index is 13.5. The number of benzene rings is 3. The number of carbonyl (C=O) groups excluding carboxylic acids is 2. The van der Waals surface area contributed by atoms with Gasteiger partial charge in [0.2, 0.25) is 11.8 Å². The summed E-state index contributed by atoms with van der Waals surface area (Å²) in [7, 11) is 0. The van der Waals surface area contributed by atoms with Crippen LogP contribution in [0, 0.1) is 5.82 Å². The summed E-state index contributed by atoms with van der Waals surface area (Å²) in [6, 6.07) is 22.6. The smallest absolute Gasteiger partial charge is 0.243 e. The third kappa shape index (κ3) is 6.76. The second-order valence-corrected chi connectivity index (χ2v) is 8.47. The Bertz CT molecular complexity index is 1020. The summed E-state index contributed by atoms with van der Waals surface area (Å²) in [5, 5.41) is 2.88. The van der Waals surface area contributed by atoms with Crippen LogP contribution in [-0.2, 0) is 29.0 Å². The number of carbonyl (C=O) groups is 2. The molecule has 0 aliphatic rings. The number of rotatable bonds is 9. The molecule has 0 spiro atoms. The molecule has 1 N–H and O–H groups in total. The van der Waals surface area contributed by atoms with E-state index < -0.39 is 6.04 Å². The van der Waals surface area contributed by atoms with Crippen LogP contribution in [0.5, 0.6) is 0 Å². The van der Waals surface area contributed by atoms with Crippen molar-refractivity contribution < 1.29 is 14.0 Å². The molecule has 0 unspecified atom stereocenters. The van der Waals surface area contributed by atoms with Crippen molar-refractivity contribution in [3.05, 3.63) is 106 Å². The van der Waals surface area contributed by atoms with Gasteiger partial charge in [-0.15, -0.1) is 0 Å². The second-order valence-electron chi connectivity index (χ2n) is 7.55. The molecule has 0 aliphatic carbocycles. The van der Waals surface area contributed by atoms with Gasteiger partial charge in [0.25, 0.3) is 0 Å². The molecular weight excluding hydrogens is 471 g/mol. The van der Waals surface area contributed by atoms with Crippen LogP contribution in [0.15, 0.2) is 83.3 Å². The fourth-order valence-electron chi connectivity index (χ4n) is 3.51. The molecule has 3 rings (SSSR count). The molecule has 3 aromatic rings. The lowest BCUT2D eigenvalue weighted by molar-refractivity contribution is -0.140. The van der Waals surface area contributed by atoms with Gasteiger partial charge in [-0.1, -0.05) is 70.5 Å². The summed E-state index contributed by atoms with van der Waals surface area (Å²) in [6.07, 6.45) is 0.486. The highest BCUT2D eigenvalue weighted by Gasteiger charge is 2.30. The highest BCUT2D eigenvalue weighted by Crippen LogP contribution is 2.18. The van der Waals surface area contributed by atoms with E-state index in [0.29, 0.717) is 25.1 Å². The van der Waals surface area contributed by atoms with E-state index in [1.54, 1.807) is 17.0 Å². The Balaban J connectivity index is 1.93. The van der Waals surface area contributed by atoms with Gasteiger partial charge in [-0.3, -0.25) is 9.59 Å². The first-order valence-corrected chi connectivity index (χ1v) is 11.4. The summed E-state index contributed by atoms with van der Waals surface area (Å²) < 4.78 is 14.3. The van der Waals surface area contributed by atoms with Gasteiger partial charge in [-0.05, 0) is 47.9 Å². The summed E-state index contributed by atoms with van der Waals surface area (Å²) in [6.45, 7) is 2.63. The minimum absolute atomic E-state index is 0.0848. The zero-order chi connectivity index (χ0) is 22.9. The van der Waals surface area contributed by atoms with Crippen LogP contribution in [0.2, 0.25) is 0 Å². The Morgan fingerprint density at radius 2 is 1.53 bits per heavy atom. The molecule has 0 bridgehead atoms. The van der Waals surface area contributed by atoms with Gasteiger partial charge >= 0.3 is 0 Å². The summed E-state index contributed by atoms with van der Waals surface area (Å²) >= 11 is 3.43. The van der Waals surface area contributed by atoms with E-state index >= 15 is 0 Å². The number of nitrogens with one attached hydrogen (secondary N) is 1. The summed E-state index contributed by atoms with van der Waals surface area (Å²) in [5.74, 6) is -0.732. The lowest BCUT2D eigenvalue weighted by atomic mass is 10.0. The number of amides is 2. The van der Waals surface area contributed by atoms with E-state index in [1.165, 1.54) is 12.1 Å². The highest BCUT2D eigenvalue weighted by molar-refractivity contribution is 9.10. The maximum absolute atomic E-state index is 13.5. The van der Waals surface area contributed by atoms with Gasteiger partial charge < -0.3 is 10.2 Å². The Morgan fingerprint density at radius 3 is 2.16 bits per heavy atom. The van der Waals surface area contributed by atoms with E-state index in [0.717, 1.165) is 15.6 Å². The fraction of sp³-hybridized carbons (Fsp3) is 0.231. The largest absolute Gasteiger partial charge is 0.355 e. The third-order valence-corrected chi connectivity index (χ3v) is 5.69. The molecule has 166 valence electrons. The van der Waals surface area contributed by atoms with Crippen LogP contribution in [0.25, 0.3) is 0 Å². The average Bonchev–Trinajstić information content (AvgIpc) is 2.79. The molecule has 2 amide bonds. The van der Waals surface area contributed by atoms with Gasteiger partial charge in [0, 0.05) is 24.0 Å².